The molecule has 1 aliphatic rings. The Balaban J connectivity index is 2.63. The van der Waals surface area contributed by atoms with E-state index in [9.17, 15) is 0 Å². The van der Waals surface area contributed by atoms with E-state index in [1.807, 2.05) is 6.92 Å². The summed E-state index contributed by atoms with van der Waals surface area (Å²) in [5.41, 5.74) is 5.94. The molecule has 1 heterocycles. The molecule has 0 saturated heterocycles. The van der Waals surface area contributed by atoms with Crippen molar-refractivity contribution in [2.75, 3.05) is 19.6 Å². The average Bonchev–Trinajstić information content (AvgIpc) is 2.31. The fraction of sp³-hybridized carbons (Fsp3) is 0.900. The summed E-state index contributed by atoms with van der Waals surface area (Å²) in [6, 6.07) is 0.227. The average molecular weight is 183 g/mol. The van der Waals surface area contributed by atoms with Crippen molar-refractivity contribution in [2.24, 2.45) is 16.1 Å². The van der Waals surface area contributed by atoms with Crippen LogP contribution in [0.4, 0.5) is 0 Å². The molecule has 76 valence electrons. The summed E-state index contributed by atoms with van der Waals surface area (Å²) in [4.78, 5) is 6.84. The highest BCUT2D eigenvalue weighted by Crippen LogP contribution is 2.21. The Morgan fingerprint density at radius 1 is 1.54 bits per heavy atom. The van der Waals surface area contributed by atoms with Gasteiger partial charge in [-0.3, -0.25) is 4.99 Å². The van der Waals surface area contributed by atoms with Gasteiger partial charge in [0.1, 0.15) is 5.84 Å². The van der Waals surface area contributed by atoms with E-state index in [0.717, 1.165) is 19.6 Å². The van der Waals surface area contributed by atoms with Crippen LogP contribution < -0.4 is 5.73 Å². The summed E-state index contributed by atoms with van der Waals surface area (Å²) in [6.45, 7) is 11.5. The van der Waals surface area contributed by atoms with Gasteiger partial charge in [-0.1, -0.05) is 20.8 Å². The zero-order valence-electron chi connectivity index (χ0n) is 9.17. The monoisotopic (exact) mass is 183 g/mol. The third-order valence-corrected chi connectivity index (χ3v) is 2.11. The Labute approximate surface area is 81.0 Å². The molecule has 1 rings (SSSR count). The molecular weight excluding hydrogens is 162 g/mol. The van der Waals surface area contributed by atoms with E-state index in [1.165, 1.54) is 5.84 Å². The Kier molecular flexibility index (Phi) is 2.96. The van der Waals surface area contributed by atoms with Crippen LogP contribution in [0.5, 0.6) is 0 Å². The fourth-order valence-corrected chi connectivity index (χ4v) is 1.72. The number of nitrogens with zero attached hydrogens (tertiary/aromatic N) is 2. The van der Waals surface area contributed by atoms with Gasteiger partial charge in [0.05, 0.1) is 6.54 Å². The van der Waals surface area contributed by atoms with E-state index < -0.39 is 0 Å². The number of nitrogens with two attached hydrogens (primary N) is 1. The predicted octanol–water partition coefficient (Wildman–Crippen LogP) is 1.09. The smallest absolute Gasteiger partial charge is 0.104 e. The van der Waals surface area contributed by atoms with Crippen molar-refractivity contribution in [1.29, 1.82) is 0 Å². The molecule has 0 aromatic carbocycles. The molecule has 3 nitrogen and oxygen atoms in total. The predicted molar refractivity (Wildman–Crippen MR) is 57.0 cm³/mol. The minimum absolute atomic E-state index is 0.158. The lowest BCUT2D eigenvalue weighted by Crippen LogP contribution is -2.42. The SMILES string of the molecule is CC(N)CN1CCN=C1C(C)(C)C. The third-order valence-electron chi connectivity index (χ3n) is 2.11. The molecule has 0 radical (unpaired) electrons. The van der Waals surface area contributed by atoms with Crippen molar-refractivity contribution in [2.45, 2.75) is 33.7 Å². The van der Waals surface area contributed by atoms with Crippen molar-refractivity contribution < 1.29 is 0 Å². The summed E-state index contributed by atoms with van der Waals surface area (Å²) in [7, 11) is 0. The second-order valence-electron chi connectivity index (χ2n) is 4.88. The molecule has 0 bridgehead atoms. The van der Waals surface area contributed by atoms with Gasteiger partial charge in [0.2, 0.25) is 0 Å². The second kappa shape index (κ2) is 3.66. The van der Waals surface area contributed by atoms with Gasteiger partial charge >= 0.3 is 0 Å². The maximum Gasteiger partial charge on any atom is 0.104 e. The van der Waals surface area contributed by atoms with Crippen LogP contribution in [0.1, 0.15) is 27.7 Å². The zero-order chi connectivity index (χ0) is 10.1. The first kappa shape index (κ1) is 10.5. The molecule has 0 aromatic rings. The molecule has 0 saturated carbocycles. The van der Waals surface area contributed by atoms with Crippen LogP contribution >= 0.6 is 0 Å². The minimum atomic E-state index is 0.158. The standard InChI is InChI=1S/C10H21N3/c1-8(11)7-13-6-5-12-9(13)10(2,3)4/h8H,5-7,11H2,1-4H3. The van der Waals surface area contributed by atoms with Gasteiger partial charge in [-0.05, 0) is 6.92 Å². The molecule has 1 unspecified atom stereocenters. The largest absolute Gasteiger partial charge is 0.357 e. The van der Waals surface area contributed by atoms with E-state index in [-0.39, 0.29) is 11.5 Å². The molecular formula is C10H21N3. The Morgan fingerprint density at radius 2 is 2.15 bits per heavy atom. The van der Waals surface area contributed by atoms with Crippen molar-refractivity contribution in [1.82, 2.24) is 4.90 Å². The van der Waals surface area contributed by atoms with E-state index in [0.29, 0.717) is 0 Å². The van der Waals surface area contributed by atoms with Gasteiger partial charge in [0, 0.05) is 24.5 Å². The highest BCUT2D eigenvalue weighted by atomic mass is 15.3. The van der Waals surface area contributed by atoms with Gasteiger partial charge in [-0.15, -0.1) is 0 Å². The van der Waals surface area contributed by atoms with Crippen molar-refractivity contribution in [3.8, 4) is 0 Å². The summed E-state index contributed by atoms with van der Waals surface area (Å²) >= 11 is 0. The summed E-state index contributed by atoms with van der Waals surface area (Å²) in [5, 5.41) is 0. The lowest BCUT2D eigenvalue weighted by molar-refractivity contribution is 0.384. The van der Waals surface area contributed by atoms with Gasteiger partial charge in [-0.25, -0.2) is 0 Å². The Morgan fingerprint density at radius 3 is 2.62 bits per heavy atom. The lowest BCUT2D eigenvalue weighted by Gasteiger charge is -2.30. The van der Waals surface area contributed by atoms with Crippen molar-refractivity contribution >= 4 is 5.84 Å². The first-order valence-corrected chi connectivity index (χ1v) is 4.96. The molecule has 0 aromatic heterocycles. The first-order valence-electron chi connectivity index (χ1n) is 4.96. The molecule has 0 amide bonds. The Hall–Kier alpha value is -0.570. The molecule has 2 N–H and O–H groups in total. The van der Waals surface area contributed by atoms with Gasteiger partial charge in [0.15, 0.2) is 0 Å². The molecule has 13 heavy (non-hydrogen) atoms. The summed E-state index contributed by atoms with van der Waals surface area (Å²) < 4.78 is 0. The second-order valence-corrected chi connectivity index (χ2v) is 4.88. The van der Waals surface area contributed by atoms with Crippen molar-refractivity contribution in [3.05, 3.63) is 0 Å². The van der Waals surface area contributed by atoms with E-state index in [2.05, 4.69) is 30.7 Å². The summed E-state index contributed by atoms with van der Waals surface area (Å²) in [5.74, 6) is 1.21. The van der Waals surface area contributed by atoms with Gasteiger partial charge in [0.25, 0.3) is 0 Å². The molecule has 3 heteroatoms. The minimum Gasteiger partial charge on any atom is -0.357 e. The van der Waals surface area contributed by atoms with Crippen LogP contribution in [-0.4, -0.2) is 36.4 Å². The van der Waals surface area contributed by atoms with Crippen LogP contribution in [0.25, 0.3) is 0 Å². The first-order chi connectivity index (χ1) is 5.91. The lowest BCUT2D eigenvalue weighted by atomic mass is 9.94. The van der Waals surface area contributed by atoms with Gasteiger partial charge < -0.3 is 10.6 Å². The quantitative estimate of drug-likeness (QED) is 0.696. The number of aliphatic imine (C=N–C) groups is 1. The summed E-state index contributed by atoms with van der Waals surface area (Å²) in [6.07, 6.45) is 0. The normalized spacial score (nSPS) is 20.4. The fourth-order valence-electron chi connectivity index (χ4n) is 1.72. The highest BCUT2D eigenvalue weighted by Gasteiger charge is 2.28. The van der Waals surface area contributed by atoms with E-state index in [1.54, 1.807) is 0 Å². The van der Waals surface area contributed by atoms with Crippen LogP contribution in [0, 0.1) is 5.41 Å². The van der Waals surface area contributed by atoms with E-state index >= 15 is 0 Å². The van der Waals surface area contributed by atoms with Crippen molar-refractivity contribution in [3.63, 3.8) is 0 Å². The van der Waals surface area contributed by atoms with Crippen LogP contribution in [-0.2, 0) is 0 Å². The number of amidine groups is 1. The highest BCUT2D eigenvalue weighted by molar-refractivity contribution is 5.88. The maximum atomic E-state index is 5.78. The molecule has 0 spiro atoms. The Bertz CT molecular complexity index is 201. The van der Waals surface area contributed by atoms with E-state index in [4.69, 9.17) is 5.73 Å². The third kappa shape index (κ3) is 2.69. The van der Waals surface area contributed by atoms with Crippen LogP contribution in [0.2, 0.25) is 0 Å². The zero-order valence-corrected chi connectivity index (χ0v) is 9.17. The maximum absolute atomic E-state index is 5.78. The topological polar surface area (TPSA) is 41.6 Å². The van der Waals surface area contributed by atoms with Crippen LogP contribution in [0.15, 0.2) is 4.99 Å². The molecule has 0 aliphatic carbocycles. The molecule has 1 aliphatic heterocycles. The van der Waals surface area contributed by atoms with Gasteiger partial charge in [-0.2, -0.15) is 0 Å². The number of rotatable bonds is 2. The molecule has 0 fully saturated rings. The number of hydrogen-bond acceptors (Lipinski definition) is 3. The van der Waals surface area contributed by atoms with Crippen LogP contribution in [0.3, 0.4) is 0 Å². The molecule has 1 atom stereocenters. The number of hydrogen-bond donors (Lipinski definition) is 1.